The van der Waals surface area contributed by atoms with Gasteiger partial charge in [0.15, 0.2) is 11.5 Å². The Balaban J connectivity index is 1.81. The number of aliphatic hydroxyl groups excluding tert-OH is 1. The van der Waals surface area contributed by atoms with E-state index in [1.165, 1.54) is 12.7 Å². The number of aromatic nitrogens is 4. The number of nitrogens with two attached hydrogens (primary N) is 1. The molecule has 1 saturated heterocycles. The van der Waals surface area contributed by atoms with E-state index in [9.17, 15) is 5.11 Å². The van der Waals surface area contributed by atoms with Crippen LogP contribution in [0.3, 0.4) is 0 Å². The van der Waals surface area contributed by atoms with Crippen LogP contribution in [0.15, 0.2) is 17.9 Å². The van der Waals surface area contributed by atoms with Crippen LogP contribution in [0.5, 0.6) is 0 Å². The molecule has 0 amide bonds. The number of hydrogen-bond donors (Lipinski definition) is 2. The number of imidazole rings is 1. The number of aliphatic hydroxyl groups is 1. The van der Waals surface area contributed by atoms with Gasteiger partial charge in [0.2, 0.25) is 0 Å². The summed E-state index contributed by atoms with van der Waals surface area (Å²) in [6, 6.07) is 0. The first-order valence-corrected chi connectivity index (χ1v) is 6.13. The average Bonchev–Trinajstić information content (AvgIpc) is 3.04. The highest BCUT2D eigenvalue weighted by Gasteiger charge is 2.36. The van der Waals surface area contributed by atoms with Crippen molar-refractivity contribution < 1.29 is 14.7 Å². The minimum absolute atomic E-state index is 0.0362. The topological polar surface area (TPSA) is 157 Å². The van der Waals surface area contributed by atoms with E-state index in [4.69, 9.17) is 16.0 Å². The molecule has 0 aliphatic carbocycles. The Bertz CT molecular complexity index is 697. The summed E-state index contributed by atoms with van der Waals surface area (Å²) in [5.74, 6) is 0.278. The van der Waals surface area contributed by atoms with Crippen LogP contribution in [0.4, 0.5) is 5.82 Å². The molecule has 0 aromatic carbocycles. The van der Waals surface area contributed by atoms with Crippen LogP contribution in [0.25, 0.3) is 21.6 Å². The summed E-state index contributed by atoms with van der Waals surface area (Å²) in [4.78, 5) is 19.2. The van der Waals surface area contributed by atoms with Gasteiger partial charge in [-0.25, -0.2) is 15.0 Å². The summed E-state index contributed by atoms with van der Waals surface area (Å²) < 4.78 is 7.35. The van der Waals surface area contributed by atoms with Crippen LogP contribution < -0.4 is 5.73 Å². The summed E-state index contributed by atoms with van der Waals surface area (Å²) in [5, 5.41) is 12.9. The maximum atomic E-state index is 9.95. The molecule has 0 saturated carbocycles. The normalized spacial score (nSPS) is 24.9. The van der Waals surface area contributed by atoms with Gasteiger partial charge in [-0.3, -0.25) is 4.57 Å². The van der Waals surface area contributed by atoms with Gasteiger partial charge in [-0.15, -0.1) is 0 Å². The molecule has 11 heteroatoms. The molecule has 11 nitrogen and oxygen atoms in total. The summed E-state index contributed by atoms with van der Waals surface area (Å²) in [6.45, 7) is -0.0362. The maximum Gasteiger partial charge on any atom is 0.167 e. The minimum Gasteiger partial charge on any atom is -0.431 e. The highest BCUT2D eigenvalue weighted by atomic mass is 16.7. The molecule has 0 radical (unpaired) electrons. The lowest BCUT2D eigenvalue weighted by molar-refractivity contribution is -0.0616. The first-order valence-electron chi connectivity index (χ1n) is 6.13. The molecule has 2 aromatic rings. The molecule has 0 unspecified atom stereocenters. The summed E-state index contributed by atoms with van der Waals surface area (Å²) in [5.41, 5.74) is 14.9. The molecule has 1 aliphatic heterocycles. The molecule has 1 fully saturated rings. The molecular weight excluding hydrogens is 280 g/mol. The van der Waals surface area contributed by atoms with Crippen molar-refractivity contribution in [2.24, 2.45) is 5.28 Å². The van der Waals surface area contributed by atoms with E-state index in [0.29, 0.717) is 17.6 Å². The van der Waals surface area contributed by atoms with E-state index in [1.807, 2.05) is 0 Å². The number of fused-ring (bicyclic) bond motifs is 1. The van der Waals surface area contributed by atoms with Crippen molar-refractivity contribution in [1.82, 2.24) is 19.5 Å². The second-order valence-electron chi connectivity index (χ2n) is 4.48. The SMILES string of the molecule is [N-]=[N+]=NOC[C@H]1O[C@@H](n2cnc3c(N)ncnc32)C[C@@H]1O. The van der Waals surface area contributed by atoms with Crippen LogP contribution in [-0.2, 0) is 9.57 Å². The highest BCUT2D eigenvalue weighted by molar-refractivity contribution is 5.81. The minimum atomic E-state index is -0.750. The fraction of sp³-hybridized carbons (Fsp3) is 0.500. The van der Waals surface area contributed by atoms with Gasteiger partial charge in [0.25, 0.3) is 0 Å². The fourth-order valence-electron chi connectivity index (χ4n) is 2.25. The number of azide groups is 1. The molecule has 110 valence electrons. The lowest BCUT2D eigenvalue weighted by atomic mass is 10.2. The van der Waals surface area contributed by atoms with Crippen molar-refractivity contribution in [1.29, 1.82) is 0 Å². The monoisotopic (exact) mass is 292 g/mol. The van der Waals surface area contributed by atoms with Gasteiger partial charge in [-0.1, -0.05) is 0 Å². The molecule has 3 rings (SSSR count). The fourth-order valence-corrected chi connectivity index (χ4v) is 2.25. The highest BCUT2D eigenvalue weighted by Crippen LogP contribution is 2.31. The van der Waals surface area contributed by atoms with Crippen molar-refractivity contribution in [3.05, 3.63) is 23.1 Å². The smallest absolute Gasteiger partial charge is 0.167 e. The van der Waals surface area contributed by atoms with Crippen molar-refractivity contribution in [3.8, 4) is 0 Å². The maximum absolute atomic E-state index is 9.95. The second kappa shape index (κ2) is 5.40. The number of nitrogen functional groups attached to an aromatic ring is 1. The number of hydrogen-bond acceptors (Lipinski definition) is 8. The first-order chi connectivity index (χ1) is 10.2. The number of nitrogens with zero attached hydrogens (tertiary/aromatic N) is 7. The predicted molar refractivity (Wildman–Crippen MR) is 69.4 cm³/mol. The van der Waals surface area contributed by atoms with E-state index in [-0.39, 0.29) is 12.4 Å². The zero-order chi connectivity index (χ0) is 14.8. The number of ether oxygens (including phenoxy) is 1. The molecule has 3 N–H and O–H groups in total. The largest absolute Gasteiger partial charge is 0.431 e. The van der Waals surface area contributed by atoms with Crippen molar-refractivity contribution >= 4 is 17.0 Å². The Hall–Kier alpha value is -2.62. The van der Waals surface area contributed by atoms with Crippen LogP contribution >= 0.6 is 0 Å². The Morgan fingerprint density at radius 1 is 1.57 bits per heavy atom. The lowest BCUT2D eigenvalue weighted by Crippen LogP contribution is -2.25. The van der Waals surface area contributed by atoms with Crippen molar-refractivity contribution in [2.75, 3.05) is 12.3 Å². The summed E-state index contributed by atoms with van der Waals surface area (Å²) in [6.07, 6.45) is 1.39. The van der Waals surface area contributed by atoms with Gasteiger partial charge >= 0.3 is 0 Å². The van der Waals surface area contributed by atoms with E-state index in [0.717, 1.165) is 0 Å². The van der Waals surface area contributed by atoms with Crippen LogP contribution in [0, 0.1) is 0 Å². The van der Waals surface area contributed by atoms with Gasteiger partial charge < -0.3 is 20.4 Å². The van der Waals surface area contributed by atoms with Gasteiger partial charge in [0.05, 0.1) is 12.4 Å². The van der Waals surface area contributed by atoms with E-state index >= 15 is 0 Å². The standard InChI is InChI=1S/C10H12N8O3/c11-9-8-10(14-3-13-9)18(4-15-8)7-1-5(19)6(21-7)2-20-17-16-12/h3-7,19H,1-2H2,(H2,11,13,14)/t5-,6+,7+/m0/s1. The van der Waals surface area contributed by atoms with E-state index in [2.05, 4.69) is 30.0 Å². The first kappa shape index (κ1) is 13.4. The average molecular weight is 292 g/mol. The molecule has 0 spiro atoms. The Morgan fingerprint density at radius 3 is 3.24 bits per heavy atom. The third kappa shape index (κ3) is 2.40. The number of rotatable bonds is 4. The third-order valence-electron chi connectivity index (χ3n) is 3.23. The van der Waals surface area contributed by atoms with E-state index < -0.39 is 18.4 Å². The van der Waals surface area contributed by atoms with Gasteiger partial charge in [-0.2, -0.15) is 0 Å². The van der Waals surface area contributed by atoms with Gasteiger partial charge in [-0.05, 0) is 5.53 Å². The Labute approximate surface area is 117 Å². The zero-order valence-electron chi connectivity index (χ0n) is 10.8. The Morgan fingerprint density at radius 2 is 2.43 bits per heavy atom. The van der Waals surface area contributed by atoms with Crippen molar-refractivity contribution in [2.45, 2.75) is 24.9 Å². The second-order valence-corrected chi connectivity index (χ2v) is 4.48. The van der Waals surface area contributed by atoms with Crippen LogP contribution in [0.2, 0.25) is 0 Å². The molecule has 3 atom stereocenters. The van der Waals surface area contributed by atoms with Gasteiger partial charge in [0.1, 0.15) is 36.1 Å². The zero-order valence-corrected chi connectivity index (χ0v) is 10.8. The van der Waals surface area contributed by atoms with Gasteiger partial charge in [0, 0.05) is 11.3 Å². The molecule has 3 heterocycles. The summed E-state index contributed by atoms with van der Waals surface area (Å²) in [7, 11) is 0. The molecule has 0 bridgehead atoms. The molecule has 2 aromatic heterocycles. The molecular formula is C10H12N8O3. The van der Waals surface area contributed by atoms with Crippen LogP contribution in [-0.4, -0.2) is 43.4 Å². The summed E-state index contributed by atoms with van der Waals surface area (Å²) >= 11 is 0. The molecule has 1 aliphatic rings. The number of anilines is 1. The quantitative estimate of drug-likeness (QED) is 0.355. The van der Waals surface area contributed by atoms with E-state index in [1.54, 1.807) is 4.57 Å². The lowest BCUT2D eigenvalue weighted by Gasteiger charge is -2.14. The molecule has 21 heavy (non-hydrogen) atoms. The Kier molecular flexibility index (Phi) is 3.44. The van der Waals surface area contributed by atoms with Crippen LogP contribution in [0.1, 0.15) is 12.6 Å². The third-order valence-corrected chi connectivity index (χ3v) is 3.23. The van der Waals surface area contributed by atoms with Crippen molar-refractivity contribution in [3.63, 3.8) is 0 Å². The predicted octanol–water partition coefficient (Wildman–Crippen LogP) is 0.299.